The second-order valence-corrected chi connectivity index (χ2v) is 11.0. The van der Waals surface area contributed by atoms with Gasteiger partial charge in [0.25, 0.3) is 0 Å². The molecule has 0 fully saturated rings. The SMILES string of the molecule is Cc1cc(C(c2ccc(C(c3ccc(N)c(C)c3)c3ccc(N)c(C)c3)cc2)c2ccc(N)c(C)c2)ccc1N. The van der Waals surface area contributed by atoms with E-state index in [0.29, 0.717) is 0 Å². The van der Waals surface area contributed by atoms with Crippen molar-refractivity contribution in [2.75, 3.05) is 22.9 Å². The molecular weight excluding hydrogens is 488 g/mol. The lowest BCUT2D eigenvalue weighted by Gasteiger charge is -2.24. The van der Waals surface area contributed by atoms with Crippen LogP contribution in [0, 0.1) is 27.7 Å². The highest BCUT2D eigenvalue weighted by molar-refractivity contribution is 5.58. The van der Waals surface area contributed by atoms with Gasteiger partial charge in [-0.05, 0) is 108 Å². The Kier molecular flexibility index (Phi) is 7.27. The molecule has 0 aromatic heterocycles. The van der Waals surface area contributed by atoms with Crippen LogP contribution >= 0.6 is 0 Å². The van der Waals surface area contributed by atoms with Crippen LogP contribution in [0.1, 0.15) is 67.5 Å². The first-order valence-corrected chi connectivity index (χ1v) is 13.7. The smallest absolute Gasteiger partial charge is 0.0343 e. The number of hydrogen-bond acceptors (Lipinski definition) is 4. The Morgan fingerprint density at radius 1 is 0.325 bits per heavy atom. The van der Waals surface area contributed by atoms with Gasteiger partial charge in [-0.1, -0.05) is 72.8 Å². The summed E-state index contributed by atoms with van der Waals surface area (Å²) in [5, 5.41) is 0. The third-order valence-corrected chi connectivity index (χ3v) is 8.11. The van der Waals surface area contributed by atoms with Crippen molar-refractivity contribution in [3.05, 3.63) is 153 Å². The van der Waals surface area contributed by atoms with E-state index in [2.05, 4.69) is 100 Å². The topological polar surface area (TPSA) is 104 Å². The molecule has 0 spiro atoms. The van der Waals surface area contributed by atoms with Crippen LogP contribution < -0.4 is 22.9 Å². The molecule has 0 radical (unpaired) electrons. The standard InChI is InChI=1S/C36H38N4/c1-21-17-27(9-13-31(21)37)35(28-10-14-32(38)22(2)18-28)25-5-7-26(8-6-25)36(29-11-15-33(39)23(3)19-29)30-12-16-34(40)24(4)20-30/h5-20,35-36H,37-40H2,1-4H3. The number of nitrogen functional groups attached to an aromatic ring is 4. The van der Waals surface area contributed by atoms with Gasteiger partial charge in [-0.2, -0.15) is 0 Å². The Balaban J connectivity index is 1.63. The van der Waals surface area contributed by atoms with Crippen molar-refractivity contribution >= 4 is 22.7 Å². The van der Waals surface area contributed by atoms with E-state index in [4.69, 9.17) is 22.9 Å². The molecule has 0 aliphatic carbocycles. The summed E-state index contributed by atoms with van der Waals surface area (Å²) in [5.41, 5.74) is 39.4. The normalized spacial score (nSPS) is 11.3. The predicted octanol–water partition coefficient (Wildman–Crippen LogP) is 7.61. The average Bonchev–Trinajstić information content (AvgIpc) is 2.93. The number of hydrogen-bond donors (Lipinski definition) is 4. The first-order chi connectivity index (χ1) is 19.1. The molecule has 5 aromatic rings. The van der Waals surface area contributed by atoms with Crippen LogP contribution in [0.25, 0.3) is 0 Å². The van der Waals surface area contributed by atoms with Crippen molar-refractivity contribution in [2.45, 2.75) is 39.5 Å². The van der Waals surface area contributed by atoms with Gasteiger partial charge in [0.15, 0.2) is 0 Å². The molecule has 0 saturated carbocycles. The van der Waals surface area contributed by atoms with Gasteiger partial charge in [0.2, 0.25) is 0 Å². The van der Waals surface area contributed by atoms with Crippen molar-refractivity contribution in [1.82, 2.24) is 0 Å². The number of rotatable bonds is 6. The number of aryl methyl sites for hydroxylation is 4. The summed E-state index contributed by atoms with van der Waals surface area (Å²) < 4.78 is 0. The van der Waals surface area contributed by atoms with Gasteiger partial charge < -0.3 is 22.9 Å². The molecule has 0 amide bonds. The van der Waals surface area contributed by atoms with E-state index in [1.807, 2.05) is 24.3 Å². The molecule has 4 heteroatoms. The van der Waals surface area contributed by atoms with Crippen LogP contribution in [0.3, 0.4) is 0 Å². The van der Waals surface area contributed by atoms with Crippen molar-refractivity contribution in [3.63, 3.8) is 0 Å². The Bertz CT molecular complexity index is 1460. The third kappa shape index (κ3) is 5.26. The van der Waals surface area contributed by atoms with Gasteiger partial charge in [-0.15, -0.1) is 0 Å². The largest absolute Gasteiger partial charge is 0.399 e. The molecule has 0 atom stereocenters. The van der Waals surface area contributed by atoms with Crippen molar-refractivity contribution < 1.29 is 0 Å². The van der Waals surface area contributed by atoms with Crippen LogP contribution in [0.5, 0.6) is 0 Å². The number of anilines is 4. The molecule has 0 aliphatic heterocycles. The zero-order valence-electron chi connectivity index (χ0n) is 23.7. The second kappa shape index (κ2) is 10.8. The predicted molar refractivity (Wildman–Crippen MR) is 171 cm³/mol. The summed E-state index contributed by atoms with van der Waals surface area (Å²) in [6, 6.07) is 34.3. The lowest BCUT2D eigenvalue weighted by Crippen LogP contribution is -2.08. The molecular formula is C36H38N4. The minimum atomic E-state index is 0.0450. The van der Waals surface area contributed by atoms with Gasteiger partial charge in [-0.3, -0.25) is 0 Å². The molecule has 0 bridgehead atoms. The summed E-state index contributed by atoms with van der Waals surface area (Å²) in [5.74, 6) is 0.0901. The Labute approximate surface area is 237 Å². The maximum Gasteiger partial charge on any atom is 0.0343 e. The van der Waals surface area contributed by atoms with E-state index in [-0.39, 0.29) is 11.8 Å². The van der Waals surface area contributed by atoms with Crippen LogP contribution in [-0.4, -0.2) is 0 Å². The minimum Gasteiger partial charge on any atom is -0.399 e. The maximum absolute atomic E-state index is 6.18. The van der Waals surface area contributed by atoms with Crippen LogP contribution in [-0.2, 0) is 0 Å². The van der Waals surface area contributed by atoms with E-state index < -0.39 is 0 Å². The summed E-state index contributed by atoms with van der Waals surface area (Å²) in [4.78, 5) is 0. The molecule has 5 aromatic carbocycles. The Morgan fingerprint density at radius 3 is 0.725 bits per heavy atom. The summed E-state index contributed by atoms with van der Waals surface area (Å²) in [6.07, 6.45) is 0. The highest BCUT2D eigenvalue weighted by Crippen LogP contribution is 2.38. The highest BCUT2D eigenvalue weighted by Gasteiger charge is 2.22. The molecule has 8 N–H and O–H groups in total. The lowest BCUT2D eigenvalue weighted by molar-refractivity contribution is 0.947. The second-order valence-electron chi connectivity index (χ2n) is 11.0. The van der Waals surface area contributed by atoms with Crippen molar-refractivity contribution in [2.24, 2.45) is 0 Å². The molecule has 5 rings (SSSR count). The van der Waals surface area contributed by atoms with E-state index >= 15 is 0 Å². The Hall–Kier alpha value is -4.70. The Morgan fingerprint density at radius 2 is 0.525 bits per heavy atom. The molecule has 202 valence electrons. The lowest BCUT2D eigenvalue weighted by atomic mass is 9.80. The van der Waals surface area contributed by atoms with Crippen molar-refractivity contribution in [1.29, 1.82) is 0 Å². The fraction of sp³-hybridized carbons (Fsp3) is 0.167. The summed E-state index contributed by atoms with van der Waals surface area (Å²) >= 11 is 0. The molecule has 4 nitrogen and oxygen atoms in total. The quantitative estimate of drug-likeness (QED) is 0.135. The van der Waals surface area contributed by atoms with Gasteiger partial charge >= 0.3 is 0 Å². The van der Waals surface area contributed by atoms with Gasteiger partial charge in [0.05, 0.1) is 0 Å². The monoisotopic (exact) mass is 526 g/mol. The number of benzene rings is 5. The summed E-state index contributed by atoms with van der Waals surface area (Å²) in [6.45, 7) is 8.23. The molecule has 0 unspecified atom stereocenters. The number of nitrogens with two attached hydrogens (primary N) is 4. The van der Waals surface area contributed by atoms with Gasteiger partial charge in [-0.25, -0.2) is 0 Å². The third-order valence-electron chi connectivity index (χ3n) is 8.11. The van der Waals surface area contributed by atoms with Crippen LogP contribution in [0.4, 0.5) is 22.7 Å². The van der Waals surface area contributed by atoms with Crippen molar-refractivity contribution in [3.8, 4) is 0 Å². The zero-order valence-corrected chi connectivity index (χ0v) is 23.7. The van der Waals surface area contributed by atoms with E-state index in [1.54, 1.807) is 0 Å². The molecule has 0 saturated heterocycles. The molecule has 0 heterocycles. The van der Waals surface area contributed by atoms with Crippen LogP contribution in [0.2, 0.25) is 0 Å². The fourth-order valence-corrected chi connectivity index (χ4v) is 5.55. The molecule has 0 aliphatic rings. The highest BCUT2D eigenvalue weighted by atomic mass is 14.6. The molecule has 40 heavy (non-hydrogen) atoms. The maximum atomic E-state index is 6.18. The van der Waals surface area contributed by atoms with Crippen LogP contribution in [0.15, 0.2) is 97.1 Å². The average molecular weight is 527 g/mol. The summed E-state index contributed by atoms with van der Waals surface area (Å²) in [7, 11) is 0. The van der Waals surface area contributed by atoms with E-state index in [9.17, 15) is 0 Å². The first kappa shape index (κ1) is 26.9. The minimum absolute atomic E-state index is 0.0450. The zero-order chi connectivity index (χ0) is 28.6. The van der Waals surface area contributed by atoms with Gasteiger partial charge in [0, 0.05) is 34.6 Å². The fourth-order valence-electron chi connectivity index (χ4n) is 5.55. The van der Waals surface area contributed by atoms with Gasteiger partial charge in [0.1, 0.15) is 0 Å². The first-order valence-electron chi connectivity index (χ1n) is 13.7. The van der Waals surface area contributed by atoms with E-state index in [0.717, 1.165) is 45.0 Å². The van der Waals surface area contributed by atoms with E-state index in [1.165, 1.54) is 33.4 Å².